The van der Waals surface area contributed by atoms with Gasteiger partial charge < -0.3 is 13.7 Å². The fourth-order valence-corrected chi connectivity index (χ4v) is 3.77. The van der Waals surface area contributed by atoms with Crippen LogP contribution in [0.4, 0.5) is 4.39 Å². The number of fused-ring (bicyclic) bond motifs is 2. The Balaban J connectivity index is 1.45. The predicted octanol–water partition coefficient (Wildman–Crippen LogP) is 3.47. The number of ether oxygens (including phenoxy) is 1. The summed E-state index contributed by atoms with van der Waals surface area (Å²) in [6.45, 7) is 4.47. The van der Waals surface area contributed by atoms with Gasteiger partial charge in [0.15, 0.2) is 17.2 Å². The molecule has 0 amide bonds. The third-order valence-electron chi connectivity index (χ3n) is 5.18. The van der Waals surface area contributed by atoms with Crippen LogP contribution in [0.1, 0.15) is 30.3 Å². The van der Waals surface area contributed by atoms with E-state index in [1.54, 1.807) is 12.1 Å². The molecule has 0 bridgehead atoms. The third-order valence-corrected chi connectivity index (χ3v) is 5.18. The van der Waals surface area contributed by atoms with Gasteiger partial charge in [-0.05, 0) is 44.0 Å². The highest BCUT2D eigenvalue weighted by Gasteiger charge is 2.35. The molecule has 130 valence electrons. The highest BCUT2D eigenvalue weighted by Crippen LogP contribution is 2.33. The second kappa shape index (κ2) is 5.64. The van der Waals surface area contributed by atoms with E-state index in [2.05, 4.69) is 15.0 Å². The molecule has 25 heavy (non-hydrogen) atoms. The minimum Gasteiger partial charge on any atom is -0.448 e. The molecule has 2 aliphatic heterocycles. The fraction of sp³-hybridized carbons (Fsp3) is 0.444. The number of nitrogens with zero attached hydrogens (tertiary/aromatic N) is 3. The van der Waals surface area contributed by atoms with E-state index in [9.17, 15) is 4.39 Å². The molecule has 0 saturated carbocycles. The van der Waals surface area contributed by atoms with Gasteiger partial charge in [-0.3, -0.25) is 4.90 Å². The lowest BCUT2D eigenvalue weighted by Crippen LogP contribution is -2.42. The Hall–Kier alpha value is -2.25. The van der Waals surface area contributed by atoms with Gasteiger partial charge in [0.2, 0.25) is 5.82 Å². The van der Waals surface area contributed by atoms with Crippen molar-refractivity contribution in [1.29, 1.82) is 0 Å². The predicted molar refractivity (Wildman–Crippen MR) is 87.5 cm³/mol. The molecule has 0 unspecified atom stereocenters. The van der Waals surface area contributed by atoms with E-state index < -0.39 is 5.82 Å². The Morgan fingerprint density at radius 2 is 2.24 bits per heavy atom. The van der Waals surface area contributed by atoms with Gasteiger partial charge in [0.05, 0.1) is 6.61 Å². The Bertz CT molecular complexity index is 896. The molecule has 0 N–H and O–H groups in total. The van der Waals surface area contributed by atoms with E-state index in [-0.39, 0.29) is 17.6 Å². The van der Waals surface area contributed by atoms with Crippen molar-refractivity contribution in [2.45, 2.75) is 31.9 Å². The van der Waals surface area contributed by atoms with Crippen LogP contribution >= 0.6 is 0 Å². The first-order chi connectivity index (χ1) is 12.2. The van der Waals surface area contributed by atoms with Crippen LogP contribution in [-0.4, -0.2) is 40.8 Å². The number of hydrogen-bond donors (Lipinski definition) is 0. The summed E-state index contributed by atoms with van der Waals surface area (Å²) in [7, 11) is 0. The summed E-state index contributed by atoms with van der Waals surface area (Å²) in [5.74, 6) is 0.731. The maximum atomic E-state index is 13.9. The van der Waals surface area contributed by atoms with E-state index >= 15 is 0 Å². The van der Waals surface area contributed by atoms with Crippen LogP contribution in [-0.2, 0) is 4.74 Å². The number of hydrogen-bond acceptors (Lipinski definition) is 6. The quantitative estimate of drug-likeness (QED) is 0.710. The topological polar surface area (TPSA) is 64.5 Å². The van der Waals surface area contributed by atoms with E-state index in [1.165, 1.54) is 18.9 Å². The van der Waals surface area contributed by atoms with E-state index in [0.29, 0.717) is 29.6 Å². The van der Waals surface area contributed by atoms with Crippen molar-refractivity contribution in [2.24, 2.45) is 0 Å². The van der Waals surface area contributed by atoms with Crippen molar-refractivity contribution < 1.29 is 18.1 Å². The van der Waals surface area contributed by atoms with Gasteiger partial charge in [-0.1, -0.05) is 11.2 Å². The van der Waals surface area contributed by atoms with Crippen LogP contribution in [0.2, 0.25) is 0 Å². The van der Waals surface area contributed by atoms with Crippen LogP contribution in [0.15, 0.2) is 27.1 Å². The molecule has 5 rings (SSSR count). The number of morpholine rings is 1. The van der Waals surface area contributed by atoms with Crippen molar-refractivity contribution >= 4 is 11.0 Å². The Morgan fingerprint density at radius 3 is 3.12 bits per heavy atom. The maximum Gasteiger partial charge on any atom is 0.293 e. The Morgan fingerprint density at radius 1 is 1.32 bits per heavy atom. The lowest BCUT2D eigenvalue weighted by molar-refractivity contribution is -0.0548. The Labute approximate surface area is 143 Å². The smallest absolute Gasteiger partial charge is 0.293 e. The highest BCUT2D eigenvalue weighted by atomic mass is 19.1. The molecule has 6 nitrogen and oxygen atoms in total. The summed E-state index contributed by atoms with van der Waals surface area (Å²) in [6, 6.07) is 5.37. The molecule has 2 fully saturated rings. The van der Waals surface area contributed by atoms with E-state index in [1.807, 2.05) is 6.92 Å². The number of halogens is 1. The summed E-state index contributed by atoms with van der Waals surface area (Å²) in [6.07, 6.45) is 2.20. The summed E-state index contributed by atoms with van der Waals surface area (Å²) in [5.41, 5.74) is 1.14. The molecule has 2 atom stereocenters. The van der Waals surface area contributed by atoms with Gasteiger partial charge in [0, 0.05) is 18.0 Å². The van der Waals surface area contributed by atoms with Crippen molar-refractivity contribution in [1.82, 2.24) is 15.0 Å². The van der Waals surface area contributed by atoms with Crippen molar-refractivity contribution in [3.63, 3.8) is 0 Å². The second-order valence-corrected chi connectivity index (χ2v) is 6.79. The second-order valence-electron chi connectivity index (χ2n) is 6.79. The normalized spacial score (nSPS) is 24.1. The third kappa shape index (κ3) is 2.46. The van der Waals surface area contributed by atoms with Crippen LogP contribution < -0.4 is 0 Å². The average Bonchev–Trinajstić information content (AvgIpc) is 3.35. The van der Waals surface area contributed by atoms with Crippen LogP contribution in [0.5, 0.6) is 0 Å². The van der Waals surface area contributed by atoms with Crippen molar-refractivity contribution in [3.8, 4) is 11.7 Å². The lowest BCUT2D eigenvalue weighted by atomic mass is 10.1. The zero-order valence-corrected chi connectivity index (χ0v) is 13.9. The van der Waals surface area contributed by atoms with Crippen LogP contribution in [0.25, 0.3) is 22.6 Å². The molecule has 7 heteroatoms. The first-order valence-corrected chi connectivity index (χ1v) is 8.57. The zero-order valence-electron chi connectivity index (χ0n) is 13.9. The Kier molecular flexibility index (Phi) is 3.39. The molecule has 3 aromatic rings. The highest BCUT2D eigenvalue weighted by molar-refractivity contribution is 5.85. The van der Waals surface area contributed by atoms with Gasteiger partial charge >= 0.3 is 0 Å². The molecular weight excluding hydrogens is 325 g/mol. The summed E-state index contributed by atoms with van der Waals surface area (Å²) in [4.78, 5) is 6.85. The molecule has 2 saturated heterocycles. The number of aromatic nitrogens is 2. The fourth-order valence-electron chi connectivity index (χ4n) is 3.77. The largest absolute Gasteiger partial charge is 0.448 e. The molecule has 1 aromatic carbocycles. The van der Waals surface area contributed by atoms with Gasteiger partial charge in [0.25, 0.3) is 5.89 Å². The van der Waals surface area contributed by atoms with Crippen molar-refractivity contribution in [2.75, 3.05) is 19.7 Å². The molecule has 0 aliphatic carbocycles. The molecule has 2 aromatic heterocycles. The first kappa shape index (κ1) is 15.0. The number of furan rings is 1. The van der Waals surface area contributed by atoms with Crippen LogP contribution in [0, 0.1) is 12.7 Å². The SMILES string of the molecule is Cc1ccc(F)c2oc(-c3nc([C@H]4CN5CCC[C@H]5CO4)no3)cc12. The lowest BCUT2D eigenvalue weighted by Gasteiger charge is -2.33. The van der Waals surface area contributed by atoms with Gasteiger partial charge in [-0.15, -0.1) is 0 Å². The van der Waals surface area contributed by atoms with E-state index in [4.69, 9.17) is 13.7 Å². The minimum atomic E-state index is -0.401. The molecule has 2 aliphatic rings. The zero-order chi connectivity index (χ0) is 17.0. The van der Waals surface area contributed by atoms with Crippen LogP contribution in [0.3, 0.4) is 0 Å². The summed E-state index contributed by atoms with van der Waals surface area (Å²) < 4.78 is 30.8. The molecule has 0 radical (unpaired) electrons. The molecule has 4 heterocycles. The maximum absolute atomic E-state index is 13.9. The molecule has 0 spiro atoms. The summed E-state index contributed by atoms with van der Waals surface area (Å²) >= 11 is 0. The monoisotopic (exact) mass is 343 g/mol. The minimum absolute atomic E-state index is 0.199. The van der Waals surface area contributed by atoms with Gasteiger partial charge in [0.1, 0.15) is 6.10 Å². The standard InChI is InChI=1S/C18H18FN3O3/c1-10-4-5-13(19)16-12(10)7-14(24-16)18-20-17(21-25-18)15-8-22-6-2-3-11(22)9-23-15/h4-5,7,11,15H,2-3,6,8-9H2,1H3/t11-,15+/m0/s1. The number of rotatable bonds is 2. The number of benzene rings is 1. The number of aryl methyl sites for hydroxylation is 1. The average molecular weight is 343 g/mol. The van der Waals surface area contributed by atoms with E-state index in [0.717, 1.165) is 18.7 Å². The van der Waals surface area contributed by atoms with Crippen molar-refractivity contribution in [3.05, 3.63) is 35.4 Å². The molecular formula is C18H18FN3O3. The van der Waals surface area contributed by atoms with Gasteiger partial charge in [-0.25, -0.2) is 4.39 Å². The first-order valence-electron chi connectivity index (χ1n) is 8.57. The summed E-state index contributed by atoms with van der Waals surface area (Å²) in [5, 5.41) is 4.77. The van der Waals surface area contributed by atoms with Gasteiger partial charge in [-0.2, -0.15) is 4.98 Å².